The predicted octanol–water partition coefficient (Wildman–Crippen LogP) is 1.46. The molecule has 98 valence electrons. The lowest BCUT2D eigenvalue weighted by Gasteiger charge is -1.99. The van der Waals surface area contributed by atoms with Crippen LogP contribution in [0.15, 0.2) is 28.4 Å². The first-order valence-electron chi connectivity index (χ1n) is 5.92. The van der Waals surface area contributed by atoms with E-state index in [0.717, 1.165) is 27.3 Å². The van der Waals surface area contributed by atoms with Crippen LogP contribution < -0.4 is 11.4 Å². The van der Waals surface area contributed by atoms with Crippen LogP contribution in [0.3, 0.4) is 0 Å². The normalized spacial score (nSPS) is 11.3. The maximum atomic E-state index is 11.9. The van der Waals surface area contributed by atoms with E-state index in [1.54, 1.807) is 34.6 Å². The van der Waals surface area contributed by atoms with Crippen molar-refractivity contribution < 1.29 is 0 Å². The van der Waals surface area contributed by atoms with Crippen LogP contribution >= 0.6 is 11.3 Å². The van der Waals surface area contributed by atoms with Crippen LogP contribution in [0.25, 0.3) is 22.3 Å². The first-order chi connectivity index (χ1) is 9.11. The highest BCUT2D eigenvalue weighted by Crippen LogP contribution is 2.25. The third-order valence-corrected chi connectivity index (χ3v) is 4.17. The number of hydrogen-bond donors (Lipinski definition) is 1. The van der Waals surface area contributed by atoms with Crippen LogP contribution in [0.5, 0.6) is 0 Å². The van der Waals surface area contributed by atoms with E-state index in [0.29, 0.717) is 6.54 Å². The lowest BCUT2D eigenvalue weighted by Crippen LogP contribution is -2.19. The molecular formula is C13H14N4OS. The number of aromatic nitrogens is 3. The summed E-state index contributed by atoms with van der Waals surface area (Å²) in [6.07, 6.45) is 0. The smallest absolute Gasteiger partial charge is 0.325 e. The van der Waals surface area contributed by atoms with E-state index < -0.39 is 0 Å². The highest BCUT2D eigenvalue weighted by molar-refractivity contribution is 7.09. The molecule has 1 aromatic carbocycles. The van der Waals surface area contributed by atoms with Gasteiger partial charge in [-0.2, -0.15) is 0 Å². The summed E-state index contributed by atoms with van der Waals surface area (Å²) < 4.78 is 3.29. The molecule has 0 bridgehead atoms. The predicted molar refractivity (Wildman–Crippen MR) is 77.2 cm³/mol. The van der Waals surface area contributed by atoms with Gasteiger partial charge in [0, 0.05) is 31.6 Å². The molecule has 2 N–H and O–H groups in total. The number of fused-ring (bicyclic) bond motifs is 1. The van der Waals surface area contributed by atoms with Crippen LogP contribution in [0.2, 0.25) is 0 Å². The Bertz CT molecular complexity index is 812. The van der Waals surface area contributed by atoms with Gasteiger partial charge in [-0.1, -0.05) is 6.07 Å². The molecule has 3 rings (SSSR count). The first-order valence-corrected chi connectivity index (χ1v) is 6.80. The summed E-state index contributed by atoms with van der Waals surface area (Å²) in [5.74, 6) is 0. The van der Waals surface area contributed by atoms with Crippen molar-refractivity contribution in [2.45, 2.75) is 6.54 Å². The molecule has 0 atom stereocenters. The monoisotopic (exact) mass is 274 g/mol. The van der Waals surface area contributed by atoms with Crippen molar-refractivity contribution in [3.05, 3.63) is 39.1 Å². The van der Waals surface area contributed by atoms with Gasteiger partial charge in [0.05, 0.1) is 16.7 Å². The number of nitrogens with zero attached hydrogens (tertiary/aromatic N) is 3. The highest BCUT2D eigenvalue weighted by Gasteiger charge is 2.10. The molecule has 0 aliphatic heterocycles. The largest absolute Gasteiger partial charge is 0.328 e. The fraction of sp³-hybridized carbons (Fsp3) is 0.231. The standard InChI is InChI=1S/C13H14N4OS/c1-16-10-4-3-8(5-11(10)17(2)13(16)18)9-7-19-12(6-14)15-9/h3-5,7H,6,14H2,1-2H3. The van der Waals surface area contributed by atoms with E-state index in [4.69, 9.17) is 5.73 Å². The third-order valence-electron chi connectivity index (χ3n) is 3.29. The second-order valence-electron chi connectivity index (χ2n) is 4.43. The van der Waals surface area contributed by atoms with E-state index in [1.165, 1.54) is 0 Å². The molecular weight excluding hydrogens is 260 g/mol. The molecule has 0 aliphatic carbocycles. The second kappa shape index (κ2) is 4.32. The molecule has 0 unspecified atom stereocenters. The zero-order valence-corrected chi connectivity index (χ0v) is 11.6. The molecule has 0 saturated carbocycles. The SMILES string of the molecule is Cn1c(=O)n(C)c2cc(-c3csc(CN)n3)ccc21. The first kappa shape index (κ1) is 12.1. The van der Waals surface area contributed by atoms with Crippen molar-refractivity contribution >= 4 is 22.4 Å². The average Bonchev–Trinajstić information content (AvgIpc) is 2.99. The Balaban J connectivity index is 2.21. The van der Waals surface area contributed by atoms with Crippen LogP contribution in [-0.4, -0.2) is 14.1 Å². The summed E-state index contributed by atoms with van der Waals surface area (Å²) >= 11 is 1.55. The Labute approximate surface area is 113 Å². The van der Waals surface area contributed by atoms with Crippen molar-refractivity contribution in [1.29, 1.82) is 0 Å². The molecule has 5 nitrogen and oxygen atoms in total. The minimum atomic E-state index is -0.0203. The summed E-state index contributed by atoms with van der Waals surface area (Å²) in [6, 6.07) is 5.93. The Morgan fingerprint density at radius 2 is 2.00 bits per heavy atom. The van der Waals surface area contributed by atoms with E-state index in [-0.39, 0.29) is 5.69 Å². The second-order valence-corrected chi connectivity index (χ2v) is 5.38. The van der Waals surface area contributed by atoms with E-state index in [9.17, 15) is 4.79 Å². The molecule has 2 aromatic heterocycles. The molecule has 0 saturated heterocycles. The molecule has 2 heterocycles. The molecule has 0 fully saturated rings. The van der Waals surface area contributed by atoms with Gasteiger partial charge in [0.2, 0.25) is 0 Å². The minimum Gasteiger partial charge on any atom is -0.325 e. The van der Waals surface area contributed by atoms with E-state index >= 15 is 0 Å². The van der Waals surface area contributed by atoms with Crippen molar-refractivity contribution in [3.8, 4) is 11.3 Å². The fourth-order valence-corrected chi connectivity index (χ4v) is 2.89. The zero-order chi connectivity index (χ0) is 13.6. The number of imidazole rings is 1. The van der Waals surface area contributed by atoms with Gasteiger partial charge in [-0.3, -0.25) is 9.13 Å². The van der Waals surface area contributed by atoms with Gasteiger partial charge >= 0.3 is 5.69 Å². The van der Waals surface area contributed by atoms with Crippen LogP contribution in [0.4, 0.5) is 0 Å². The van der Waals surface area contributed by atoms with Crippen molar-refractivity contribution in [2.24, 2.45) is 19.8 Å². The van der Waals surface area contributed by atoms with E-state index in [1.807, 2.05) is 23.6 Å². The maximum Gasteiger partial charge on any atom is 0.328 e. The van der Waals surface area contributed by atoms with Gasteiger partial charge in [0.1, 0.15) is 5.01 Å². The number of benzene rings is 1. The Morgan fingerprint density at radius 3 is 2.68 bits per heavy atom. The molecule has 0 aliphatic rings. The lowest BCUT2D eigenvalue weighted by atomic mass is 10.1. The van der Waals surface area contributed by atoms with Crippen LogP contribution in [-0.2, 0) is 20.6 Å². The zero-order valence-electron chi connectivity index (χ0n) is 10.8. The van der Waals surface area contributed by atoms with Gasteiger partial charge in [0.15, 0.2) is 0 Å². The van der Waals surface area contributed by atoms with E-state index in [2.05, 4.69) is 4.98 Å². The van der Waals surface area contributed by atoms with Crippen molar-refractivity contribution in [1.82, 2.24) is 14.1 Å². The molecule has 3 aromatic rings. The van der Waals surface area contributed by atoms with Gasteiger partial charge in [0.25, 0.3) is 0 Å². The van der Waals surface area contributed by atoms with Gasteiger partial charge in [-0.05, 0) is 12.1 Å². The Kier molecular flexibility index (Phi) is 2.76. The molecule has 6 heteroatoms. The topological polar surface area (TPSA) is 65.8 Å². The summed E-state index contributed by atoms with van der Waals surface area (Å²) in [7, 11) is 3.56. The minimum absolute atomic E-state index is 0.0203. The summed E-state index contributed by atoms with van der Waals surface area (Å²) in [5.41, 5.74) is 9.30. The van der Waals surface area contributed by atoms with Gasteiger partial charge < -0.3 is 5.73 Å². The number of rotatable bonds is 2. The maximum absolute atomic E-state index is 11.9. The molecule has 0 spiro atoms. The number of nitrogens with two attached hydrogens (primary N) is 1. The van der Waals surface area contributed by atoms with Crippen molar-refractivity contribution in [2.75, 3.05) is 0 Å². The number of hydrogen-bond acceptors (Lipinski definition) is 4. The van der Waals surface area contributed by atoms with Crippen LogP contribution in [0, 0.1) is 0 Å². The van der Waals surface area contributed by atoms with Gasteiger partial charge in [-0.15, -0.1) is 11.3 Å². The quantitative estimate of drug-likeness (QED) is 0.769. The highest BCUT2D eigenvalue weighted by atomic mass is 32.1. The lowest BCUT2D eigenvalue weighted by molar-refractivity contribution is 0.795. The summed E-state index contributed by atoms with van der Waals surface area (Å²) in [6.45, 7) is 0.455. The Morgan fingerprint density at radius 1 is 1.26 bits per heavy atom. The Hall–Kier alpha value is -1.92. The number of aryl methyl sites for hydroxylation is 2. The van der Waals surface area contributed by atoms with Crippen molar-refractivity contribution in [3.63, 3.8) is 0 Å². The molecule has 19 heavy (non-hydrogen) atoms. The van der Waals surface area contributed by atoms with Crippen LogP contribution in [0.1, 0.15) is 5.01 Å². The number of thiazole rings is 1. The van der Waals surface area contributed by atoms with Gasteiger partial charge in [-0.25, -0.2) is 9.78 Å². The molecule has 0 amide bonds. The summed E-state index contributed by atoms with van der Waals surface area (Å²) in [5, 5.41) is 2.90. The fourth-order valence-electron chi connectivity index (χ4n) is 2.20. The average molecular weight is 274 g/mol. The third kappa shape index (κ3) is 1.80. The molecule has 0 radical (unpaired) electrons. The summed E-state index contributed by atoms with van der Waals surface area (Å²) in [4.78, 5) is 16.3.